The van der Waals surface area contributed by atoms with Crippen LogP contribution in [0.25, 0.3) is 88.0 Å². The van der Waals surface area contributed by atoms with Gasteiger partial charge >= 0.3 is 0 Å². The Kier molecular flexibility index (Phi) is 8.19. The number of para-hydroxylation sites is 1. The van der Waals surface area contributed by atoms with Crippen molar-refractivity contribution in [2.24, 2.45) is 0 Å². The average molecular weight is 740 g/mol. The summed E-state index contributed by atoms with van der Waals surface area (Å²) in [5.74, 6) is 0. The molecule has 0 N–H and O–H groups in total. The molecule has 1 heterocycles. The van der Waals surface area contributed by atoms with Crippen LogP contribution in [-0.2, 0) is 0 Å². The Bertz CT molecular complexity index is 3240. The Labute approximate surface area is 337 Å². The number of benzene rings is 10. The number of hydrogen-bond acceptors (Lipinski definition) is 2. The second-order valence-corrected chi connectivity index (χ2v) is 14.9. The van der Waals surface area contributed by atoms with E-state index in [1.165, 1.54) is 49.4 Å². The van der Waals surface area contributed by atoms with Crippen molar-refractivity contribution in [3.8, 4) is 44.5 Å². The predicted octanol–water partition coefficient (Wildman–Crippen LogP) is 16.0. The summed E-state index contributed by atoms with van der Waals surface area (Å²) >= 11 is 0. The highest BCUT2D eigenvalue weighted by molar-refractivity contribution is 6.14. The minimum absolute atomic E-state index is 0.859. The summed E-state index contributed by atoms with van der Waals surface area (Å²) in [5, 5.41) is 7.18. The lowest BCUT2D eigenvalue weighted by molar-refractivity contribution is 0.669. The van der Waals surface area contributed by atoms with E-state index < -0.39 is 0 Å². The quantitative estimate of drug-likeness (QED) is 0.162. The first-order valence-electron chi connectivity index (χ1n) is 19.8. The van der Waals surface area contributed by atoms with Crippen molar-refractivity contribution >= 4 is 60.5 Å². The minimum atomic E-state index is 0.859. The zero-order valence-corrected chi connectivity index (χ0v) is 31.7. The Balaban J connectivity index is 1.05. The van der Waals surface area contributed by atoms with Gasteiger partial charge in [-0.3, -0.25) is 0 Å². The lowest BCUT2D eigenvalue weighted by atomic mass is 9.96. The molecule has 0 radical (unpaired) electrons. The molecule has 0 saturated carbocycles. The molecule has 0 amide bonds. The first-order valence-corrected chi connectivity index (χ1v) is 19.8. The predicted molar refractivity (Wildman–Crippen MR) is 245 cm³/mol. The van der Waals surface area contributed by atoms with E-state index in [-0.39, 0.29) is 0 Å². The van der Waals surface area contributed by atoms with Crippen LogP contribution < -0.4 is 4.90 Å². The van der Waals surface area contributed by atoms with Crippen LogP contribution in [0.1, 0.15) is 0 Å². The first-order chi connectivity index (χ1) is 28.7. The van der Waals surface area contributed by atoms with Gasteiger partial charge in [-0.1, -0.05) is 182 Å². The molecule has 2 nitrogen and oxygen atoms in total. The van der Waals surface area contributed by atoms with Crippen LogP contribution in [0.5, 0.6) is 0 Å². The Morgan fingerprint density at radius 2 is 0.741 bits per heavy atom. The van der Waals surface area contributed by atoms with Gasteiger partial charge in [-0.05, 0) is 109 Å². The smallest absolute Gasteiger partial charge is 0.138 e. The normalized spacial score (nSPS) is 11.4. The van der Waals surface area contributed by atoms with Crippen LogP contribution in [-0.4, -0.2) is 0 Å². The van der Waals surface area contributed by atoms with Gasteiger partial charge in [0.2, 0.25) is 0 Å². The van der Waals surface area contributed by atoms with Gasteiger partial charge in [-0.15, -0.1) is 0 Å². The Morgan fingerprint density at radius 3 is 1.34 bits per heavy atom. The molecule has 0 atom stereocenters. The number of hydrogen-bond donors (Lipinski definition) is 0. The molecule has 0 aliphatic carbocycles. The van der Waals surface area contributed by atoms with Crippen molar-refractivity contribution in [1.29, 1.82) is 0 Å². The average Bonchev–Trinajstić information content (AvgIpc) is 3.68. The van der Waals surface area contributed by atoms with Gasteiger partial charge in [-0.25, -0.2) is 0 Å². The number of anilines is 3. The van der Waals surface area contributed by atoms with Crippen molar-refractivity contribution < 1.29 is 4.42 Å². The zero-order chi connectivity index (χ0) is 38.4. The van der Waals surface area contributed by atoms with Crippen LogP contribution in [0, 0.1) is 0 Å². The number of fused-ring (bicyclic) bond motifs is 5. The standard InChI is InChI=1S/C56H37NO/c1-2-12-38(13-3-1)45-36-53(56-52-20-8-9-23-54(52)58-55(56)37-45)57(47-34-30-44(31-35-47)51-22-11-17-42-15-5-7-19-49(42)51)46-32-28-40(29-33-46)39-24-26-43(27-25-39)50-21-10-16-41-14-4-6-18-48(41)50/h1-37H. The molecule has 1 aromatic heterocycles. The number of furan rings is 1. The summed E-state index contributed by atoms with van der Waals surface area (Å²) in [6, 6.07) is 80.6. The highest BCUT2D eigenvalue weighted by Crippen LogP contribution is 2.46. The molecular weight excluding hydrogens is 703 g/mol. The third kappa shape index (κ3) is 5.91. The molecule has 0 saturated heterocycles. The number of nitrogens with zero attached hydrogens (tertiary/aromatic N) is 1. The van der Waals surface area contributed by atoms with E-state index in [9.17, 15) is 0 Å². The molecule has 0 unspecified atom stereocenters. The maximum absolute atomic E-state index is 6.61. The summed E-state index contributed by atoms with van der Waals surface area (Å²) in [5.41, 5.74) is 14.4. The zero-order valence-electron chi connectivity index (χ0n) is 31.7. The van der Waals surface area contributed by atoms with E-state index in [1.807, 2.05) is 6.07 Å². The molecule has 0 spiro atoms. The topological polar surface area (TPSA) is 16.4 Å². The maximum Gasteiger partial charge on any atom is 0.138 e. The van der Waals surface area contributed by atoms with Crippen molar-refractivity contribution in [1.82, 2.24) is 0 Å². The lowest BCUT2D eigenvalue weighted by Gasteiger charge is -2.27. The van der Waals surface area contributed by atoms with E-state index in [1.54, 1.807) is 0 Å². The monoisotopic (exact) mass is 739 g/mol. The minimum Gasteiger partial charge on any atom is -0.456 e. The van der Waals surface area contributed by atoms with Gasteiger partial charge in [-0.2, -0.15) is 0 Å². The van der Waals surface area contributed by atoms with E-state index >= 15 is 0 Å². The van der Waals surface area contributed by atoms with Gasteiger partial charge < -0.3 is 9.32 Å². The van der Waals surface area contributed by atoms with Gasteiger partial charge in [0.15, 0.2) is 0 Å². The SMILES string of the molecule is c1ccc(-c2cc(N(c3ccc(-c4ccc(-c5cccc6ccccc56)cc4)cc3)c3ccc(-c4cccc5ccccc45)cc3)c3c(c2)oc2ccccc23)cc1. The van der Waals surface area contributed by atoms with E-state index in [0.717, 1.165) is 55.7 Å². The van der Waals surface area contributed by atoms with Crippen LogP contribution in [0.3, 0.4) is 0 Å². The third-order valence-corrected chi connectivity index (χ3v) is 11.5. The molecule has 11 rings (SSSR count). The molecule has 58 heavy (non-hydrogen) atoms. The fourth-order valence-corrected chi connectivity index (χ4v) is 8.62. The van der Waals surface area contributed by atoms with Crippen LogP contribution in [0.15, 0.2) is 229 Å². The lowest BCUT2D eigenvalue weighted by Crippen LogP contribution is -2.10. The fourth-order valence-electron chi connectivity index (χ4n) is 8.62. The summed E-state index contributed by atoms with van der Waals surface area (Å²) in [7, 11) is 0. The van der Waals surface area contributed by atoms with Crippen molar-refractivity contribution in [2.75, 3.05) is 4.90 Å². The number of rotatable bonds is 7. The summed E-state index contributed by atoms with van der Waals surface area (Å²) in [6.45, 7) is 0. The molecule has 0 bridgehead atoms. The highest BCUT2D eigenvalue weighted by atomic mass is 16.3. The Hall–Kier alpha value is -7.68. The van der Waals surface area contributed by atoms with Crippen LogP contribution >= 0.6 is 0 Å². The largest absolute Gasteiger partial charge is 0.456 e. The van der Waals surface area contributed by atoms with Crippen molar-refractivity contribution in [2.45, 2.75) is 0 Å². The summed E-state index contributed by atoms with van der Waals surface area (Å²) < 4.78 is 6.61. The highest BCUT2D eigenvalue weighted by Gasteiger charge is 2.22. The fraction of sp³-hybridized carbons (Fsp3) is 0. The van der Waals surface area contributed by atoms with Gasteiger partial charge in [0, 0.05) is 16.8 Å². The molecule has 0 aliphatic heterocycles. The van der Waals surface area contributed by atoms with Crippen LogP contribution in [0.2, 0.25) is 0 Å². The molecule has 2 heteroatoms. The van der Waals surface area contributed by atoms with E-state index in [4.69, 9.17) is 4.42 Å². The van der Waals surface area contributed by atoms with E-state index in [2.05, 4.69) is 223 Å². The molecular formula is C56H37NO. The second-order valence-electron chi connectivity index (χ2n) is 14.9. The Morgan fingerprint density at radius 1 is 0.293 bits per heavy atom. The summed E-state index contributed by atoms with van der Waals surface area (Å²) in [6.07, 6.45) is 0. The van der Waals surface area contributed by atoms with E-state index in [0.29, 0.717) is 0 Å². The first kappa shape index (κ1) is 33.6. The molecule has 0 aliphatic rings. The molecule has 0 fully saturated rings. The van der Waals surface area contributed by atoms with Crippen LogP contribution in [0.4, 0.5) is 17.1 Å². The molecule has 272 valence electrons. The molecule has 11 aromatic rings. The maximum atomic E-state index is 6.61. The van der Waals surface area contributed by atoms with Crippen molar-refractivity contribution in [3.05, 3.63) is 224 Å². The van der Waals surface area contributed by atoms with Gasteiger partial charge in [0.25, 0.3) is 0 Å². The third-order valence-electron chi connectivity index (χ3n) is 11.5. The van der Waals surface area contributed by atoms with Gasteiger partial charge in [0.05, 0.1) is 11.1 Å². The van der Waals surface area contributed by atoms with Crippen molar-refractivity contribution in [3.63, 3.8) is 0 Å². The van der Waals surface area contributed by atoms with Gasteiger partial charge in [0.1, 0.15) is 11.2 Å². The summed E-state index contributed by atoms with van der Waals surface area (Å²) in [4.78, 5) is 2.39. The second kappa shape index (κ2) is 14.1. The molecule has 10 aromatic carbocycles.